The zero-order valence-corrected chi connectivity index (χ0v) is 12.4. The Morgan fingerprint density at radius 2 is 1.90 bits per heavy atom. The van der Waals surface area contributed by atoms with Crippen molar-refractivity contribution in [3.05, 3.63) is 53.0 Å². The summed E-state index contributed by atoms with van der Waals surface area (Å²) >= 11 is 1.62. The maximum atomic E-state index is 6.24. The Labute approximate surface area is 122 Å². The first-order chi connectivity index (χ1) is 9.65. The molecule has 4 heteroatoms. The number of aryl methyl sites for hydroxylation is 1. The van der Waals surface area contributed by atoms with Gasteiger partial charge in [-0.05, 0) is 24.6 Å². The number of rotatable bonds is 3. The van der Waals surface area contributed by atoms with E-state index in [2.05, 4.69) is 60.3 Å². The van der Waals surface area contributed by atoms with Crippen molar-refractivity contribution in [2.24, 2.45) is 0 Å². The predicted molar refractivity (Wildman–Crippen MR) is 87.3 cm³/mol. The molecule has 0 spiro atoms. The van der Waals surface area contributed by atoms with Crippen molar-refractivity contribution >= 4 is 32.9 Å². The summed E-state index contributed by atoms with van der Waals surface area (Å²) in [5.41, 5.74) is 13.3. The minimum absolute atomic E-state index is 0.762. The second-order valence-corrected chi connectivity index (χ2v) is 5.93. The van der Waals surface area contributed by atoms with E-state index in [1.54, 1.807) is 11.3 Å². The molecule has 0 fully saturated rings. The van der Waals surface area contributed by atoms with E-state index in [-0.39, 0.29) is 0 Å². The molecule has 0 radical (unpaired) electrons. The number of aromatic nitrogens is 1. The van der Waals surface area contributed by atoms with Gasteiger partial charge in [-0.2, -0.15) is 0 Å². The summed E-state index contributed by atoms with van der Waals surface area (Å²) < 4.78 is 1.13. The molecule has 3 nitrogen and oxygen atoms in total. The Bertz CT molecular complexity index is 731. The number of hydrogen-bond acceptors (Lipinski definition) is 4. The van der Waals surface area contributed by atoms with Gasteiger partial charge in [-0.15, -0.1) is 11.3 Å². The monoisotopic (exact) mass is 283 g/mol. The lowest BCUT2D eigenvalue weighted by molar-refractivity contribution is 0.925. The normalized spacial score (nSPS) is 10.9. The van der Waals surface area contributed by atoms with E-state index in [0.717, 1.165) is 28.1 Å². The molecule has 0 aliphatic heterocycles. The standard InChI is InChI=1S/C16H17N3S/c1-11-3-5-12(6-4-11)9-19(2)13-7-8-14-16(15(13)17)18-10-20-14/h3-8,10H,9,17H2,1-2H3. The van der Waals surface area contributed by atoms with Crippen LogP contribution in [0.2, 0.25) is 0 Å². The van der Waals surface area contributed by atoms with Gasteiger partial charge >= 0.3 is 0 Å². The van der Waals surface area contributed by atoms with Gasteiger partial charge in [-0.3, -0.25) is 0 Å². The van der Waals surface area contributed by atoms with E-state index in [9.17, 15) is 0 Å². The highest BCUT2D eigenvalue weighted by molar-refractivity contribution is 7.16. The molecular weight excluding hydrogens is 266 g/mol. The number of anilines is 2. The van der Waals surface area contributed by atoms with E-state index in [1.807, 2.05) is 5.51 Å². The summed E-state index contributed by atoms with van der Waals surface area (Å²) in [6, 6.07) is 12.7. The van der Waals surface area contributed by atoms with Crippen LogP contribution in [0.15, 0.2) is 41.9 Å². The molecule has 102 valence electrons. The Kier molecular flexibility index (Phi) is 3.32. The van der Waals surface area contributed by atoms with Crippen LogP contribution < -0.4 is 10.6 Å². The quantitative estimate of drug-likeness (QED) is 0.743. The van der Waals surface area contributed by atoms with Gasteiger partial charge in [0, 0.05) is 13.6 Å². The first-order valence-electron chi connectivity index (χ1n) is 6.53. The first-order valence-corrected chi connectivity index (χ1v) is 7.41. The highest BCUT2D eigenvalue weighted by Gasteiger charge is 2.10. The third kappa shape index (κ3) is 2.34. The van der Waals surface area contributed by atoms with E-state index in [1.165, 1.54) is 11.1 Å². The molecule has 0 bridgehead atoms. The van der Waals surface area contributed by atoms with E-state index >= 15 is 0 Å². The van der Waals surface area contributed by atoms with Crippen LogP contribution in [0.4, 0.5) is 11.4 Å². The molecule has 2 N–H and O–H groups in total. The summed E-state index contributed by atoms with van der Waals surface area (Å²) in [4.78, 5) is 6.51. The molecule has 2 aromatic carbocycles. The Morgan fingerprint density at radius 1 is 1.15 bits per heavy atom. The van der Waals surface area contributed by atoms with E-state index < -0.39 is 0 Å². The topological polar surface area (TPSA) is 42.2 Å². The summed E-state index contributed by atoms with van der Waals surface area (Å²) in [5, 5.41) is 0. The Morgan fingerprint density at radius 3 is 2.65 bits per heavy atom. The number of nitrogens with zero attached hydrogens (tertiary/aromatic N) is 2. The molecular formula is C16H17N3S. The molecule has 20 heavy (non-hydrogen) atoms. The summed E-state index contributed by atoms with van der Waals surface area (Å²) in [7, 11) is 2.06. The number of nitrogen functional groups attached to an aromatic ring is 1. The van der Waals surface area contributed by atoms with Crippen molar-refractivity contribution in [2.45, 2.75) is 13.5 Å². The second kappa shape index (κ2) is 5.13. The lowest BCUT2D eigenvalue weighted by Gasteiger charge is -2.21. The SMILES string of the molecule is Cc1ccc(CN(C)c2ccc3scnc3c2N)cc1. The molecule has 0 aliphatic rings. The smallest absolute Gasteiger partial charge is 0.106 e. The zero-order valence-electron chi connectivity index (χ0n) is 11.6. The van der Waals surface area contributed by atoms with Crippen LogP contribution in [0.3, 0.4) is 0 Å². The fourth-order valence-corrected chi connectivity index (χ4v) is 3.02. The average molecular weight is 283 g/mol. The third-order valence-corrected chi connectivity index (χ3v) is 4.26. The number of nitrogens with two attached hydrogens (primary N) is 1. The maximum Gasteiger partial charge on any atom is 0.106 e. The van der Waals surface area contributed by atoms with Crippen molar-refractivity contribution in [3.63, 3.8) is 0 Å². The van der Waals surface area contributed by atoms with Crippen LogP contribution in [0.5, 0.6) is 0 Å². The van der Waals surface area contributed by atoms with Crippen molar-refractivity contribution < 1.29 is 0 Å². The van der Waals surface area contributed by atoms with Gasteiger partial charge in [0.15, 0.2) is 0 Å². The van der Waals surface area contributed by atoms with E-state index in [0.29, 0.717) is 0 Å². The second-order valence-electron chi connectivity index (χ2n) is 5.04. The zero-order chi connectivity index (χ0) is 14.1. The average Bonchev–Trinajstić information content (AvgIpc) is 2.91. The van der Waals surface area contributed by atoms with Gasteiger partial charge in [-0.1, -0.05) is 29.8 Å². The van der Waals surface area contributed by atoms with Gasteiger partial charge in [0.25, 0.3) is 0 Å². The number of benzene rings is 2. The molecule has 3 rings (SSSR count). The molecule has 0 atom stereocenters. The number of fused-ring (bicyclic) bond motifs is 1. The predicted octanol–water partition coefficient (Wildman–Crippen LogP) is 3.82. The van der Waals surface area contributed by atoms with Crippen molar-refractivity contribution in [3.8, 4) is 0 Å². The molecule has 3 aromatic rings. The molecule has 1 heterocycles. The maximum absolute atomic E-state index is 6.24. The van der Waals surface area contributed by atoms with Crippen LogP contribution in [0.1, 0.15) is 11.1 Å². The fraction of sp³-hybridized carbons (Fsp3) is 0.188. The summed E-state index contributed by atoms with van der Waals surface area (Å²) in [6.07, 6.45) is 0. The highest BCUT2D eigenvalue weighted by atomic mass is 32.1. The van der Waals surface area contributed by atoms with Crippen molar-refractivity contribution in [1.29, 1.82) is 0 Å². The van der Waals surface area contributed by atoms with Crippen LogP contribution in [0.25, 0.3) is 10.2 Å². The van der Waals surface area contributed by atoms with Crippen molar-refractivity contribution in [2.75, 3.05) is 17.7 Å². The highest BCUT2D eigenvalue weighted by Crippen LogP contribution is 2.32. The van der Waals surface area contributed by atoms with Crippen LogP contribution in [-0.4, -0.2) is 12.0 Å². The summed E-state index contributed by atoms with van der Waals surface area (Å²) in [5.74, 6) is 0. The van der Waals surface area contributed by atoms with Crippen LogP contribution in [0, 0.1) is 6.92 Å². The van der Waals surface area contributed by atoms with Gasteiger partial charge in [0.1, 0.15) is 5.52 Å². The minimum Gasteiger partial charge on any atom is -0.395 e. The molecule has 0 unspecified atom stereocenters. The van der Waals surface area contributed by atoms with Crippen LogP contribution >= 0.6 is 11.3 Å². The van der Waals surface area contributed by atoms with Gasteiger partial charge in [0.05, 0.1) is 21.6 Å². The Hall–Kier alpha value is -2.07. The lowest BCUT2D eigenvalue weighted by atomic mass is 10.1. The molecule has 0 saturated carbocycles. The largest absolute Gasteiger partial charge is 0.395 e. The third-order valence-electron chi connectivity index (χ3n) is 3.47. The van der Waals surface area contributed by atoms with Gasteiger partial charge < -0.3 is 10.6 Å². The minimum atomic E-state index is 0.762. The summed E-state index contributed by atoms with van der Waals surface area (Å²) in [6.45, 7) is 2.93. The fourth-order valence-electron chi connectivity index (χ4n) is 2.33. The number of thiazole rings is 1. The van der Waals surface area contributed by atoms with E-state index in [4.69, 9.17) is 5.73 Å². The Balaban J connectivity index is 1.90. The lowest BCUT2D eigenvalue weighted by Crippen LogP contribution is -2.17. The van der Waals surface area contributed by atoms with Gasteiger partial charge in [0.2, 0.25) is 0 Å². The molecule has 0 amide bonds. The molecule has 0 saturated heterocycles. The van der Waals surface area contributed by atoms with Crippen molar-refractivity contribution in [1.82, 2.24) is 4.98 Å². The number of hydrogen-bond donors (Lipinski definition) is 1. The molecule has 1 aromatic heterocycles. The van der Waals surface area contributed by atoms with Crippen LogP contribution in [-0.2, 0) is 6.54 Å². The molecule has 0 aliphatic carbocycles. The van der Waals surface area contributed by atoms with Gasteiger partial charge in [-0.25, -0.2) is 4.98 Å². The first kappa shape index (κ1) is 12.9.